The maximum Gasteiger partial charge on any atom is 1.00 e. The summed E-state index contributed by atoms with van der Waals surface area (Å²) < 4.78 is 103. The summed E-state index contributed by atoms with van der Waals surface area (Å²) in [5, 5.41) is 45.3. The van der Waals surface area contributed by atoms with Crippen molar-refractivity contribution in [1.82, 2.24) is 0 Å². The molecule has 0 atom stereocenters. The van der Waals surface area contributed by atoms with Crippen molar-refractivity contribution in [3.05, 3.63) is 102 Å². The number of benzene rings is 6. The number of anilines is 2. The number of rotatable bonds is 9. The Balaban J connectivity index is 0.00000280. The minimum absolute atomic E-state index is 0. The van der Waals surface area contributed by atoms with E-state index in [-0.39, 0.29) is 127 Å². The van der Waals surface area contributed by atoms with E-state index in [1.165, 1.54) is 18.2 Å². The van der Waals surface area contributed by atoms with E-state index in [4.69, 9.17) is 0 Å². The van der Waals surface area contributed by atoms with E-state index >= 15 is 0 Å². The van der Waals surface area contributed by atoms with Crippen LogP contribution in [-0.4, -0.2) is 38.9 Å². The van der Waals surface area contributed by atoms with E-state index in [0.29, 0.717) is 22.9 Å². The zero-order valence-corrected chi connectivity index (χ0v) is 38.7. The molecular weight excluding hydrogens is 820 g/mol. The van der Waals surface area contributed by atoms with Gasteiger partial charge in [0.15, 0.2) is 0 Å². The maximum absolute atomic E-state index is 13.5. The second kappa shape index (κ2) is 18.4. The number of nitrogens with one attached hydrogen (secondary N) is 1. The van der Waals surface area contributed by atoms with E-state index in [1.807, 2.05) is 30.3 Å². The van der Waals surface area contributed by atoms with Gasteiger partial charge in [-0.3, -0.25) is 9.11 Å². The quantitative estimate of drug-likeness (QED) is 0.0791. The standard InChI is InChI=1S/C34H27N5O11S3.3Na/c1-18-11-28(37-39-33-31(53(48,49)50)15-20-12-23(8-9-26(20)34(33)41)35-22-6-4-3-5-7-22)19(2)10-27(18)36-38-29-16-24(51(42,43)44)13-21-14-25(52(45,46)47)17-30(40)32(21)29;;;/h3-17,35,40-41H,1-2H3,(H,42,43,44)(H,45,46,47)(H,48,49,50);;;/q;3*+1/p-3. The van der Waals surface area contributed by atoms with Gasteiger partial charge in [0.1, 0.15) is 15.0 Å². The Morgan fingerprint density at radius 2 is 1.16 bits per heavy atom. The molecule has 0 aliphatic heterocycles. The zero-order chi connectivity index (χ0) is 38.5. The minimum Gasteiger partial charge on any atom is -0.872 e. The Morgan fingerprint density at radius 3 is 1.73 bits per heavy atom. The van der Waals surface area contributed by atoms with E-state index in [1.54, 1.807) is 26.0 Å². The summed E-state index contributed by atoms with van der Waals surface area (Å²) in [6, 6.07) is 20.8. The normalized spacial score (nSPS) is 12.0. The van der Waals surface area contributed by atoms with Crippen molar-refractivity contribution in [2.75, 3.05) is 5.32 Å². The summed E-state index contributed by atoms with van der Waals surface area (Å²) in [6.07, 6.45) is 0. The van der Waals surface area contributed by atoms with Crippen LogP contribution in [0.25, 0.3) is 21.5 Å². The average molecular weight is 844 g/mol. The van der Waals surface area contributed by atoms with Crippen LogP contribution < -0.4 is 104 Å². The molecule has 22 heteroatoms. The van der Waals surface area contributed by atoms with Gasteiger partial charge in [-0.1, -0.05) is 35.8 Å². The van der Waals surface area contributed by atoms with Crippen molar-refractivity contribution in [1.29, 1.82) is 0 Å². The van der Waals surface area contributed by atoms with Gasteiger partial charge in [-0.15, -0.1) is 10.2 Å². The predicted octanol–water partition coefficient (Wildman–Crippen LogP) is -2.26. The fourth-order valence-corrected chi connectivity index (χ4v) is 7.09. The Hall–Kier alpha value is -2.83. The van der Waals surface area contributed by atoms with Gasteiger partial charge in [0.2, 0.25) is 0 Å². The van der Waals surface area contributed by atoms with Crippen LogP contribution in [0, 0.1) is 13.8 Å². The van der Waals surface area contributed by atoms with Crippen molar-refractivity contribution < 1.29 is 138 Å². The van der Waals surface area contributed by atoms with Crippen molar-refractivity contribution in [2.24, 2.45) is 20.5 Å². The van der Waals surface area contributed by atoms with Crippen LogP contribution in [0.1, 0.15) is 11.1 Å². The number of aryl methyl sites for hydroxylation is 2. The molecule has 0 radical (unpaired) electrons. The molecule has 0 fully saturated rings. The van der Waals surface area contributed by atoms with Crippen molar-refractivity contribution >= 4 is 86.0 Å². The topological polar surface area (TPSA) is 274 Å². The van der Waals surface area contributed by atoms with Crippen LogP contribution in [0.15, 0.2) is 126 Å². The van der Waals surface area contributed by atoms with E-state index in [9.17, 15) is 49.1 Å². The fourth-order valence-electron chi connectivity index (χ4n) is 5.38. The summed E-state index contributed by atoms with van der Waals surface area (Å²) in [6.45, 7) is 3.14. The molecule has 16 nitrogen and oxygen atoms in total. The van der Waals surface area contributed by atoms with Gasteiger partial charge in [-0.05, 0) is 108 Å². The summed E-state index contributed by atoms with van der Waals surface area (Å²) in [5.74, 6) is -1.76. The first-order chi connectivity index (χ1) is 24.8. The molecule has 272 valence electrons. The largest absolute Gasteiger partial charge is 1.00 e. The van der Waals surface area contributed by atoms with Crippen LogP contribution in [0.3, 0.4) is 0 Å². The first-order valence-corrected chi connectivity index (χ1v) is 19.3. The molecular formula is C34H24N5Na3O11S3. The van der Waals surface area contributed by atoms with Crippen LogP contribution in [-0.2, 0) is 30.4 Å². The molecule has 0 bridgehead atoms. The van der Waals surface area contributed by atoms with Crippen LogP contribution in [0.4, 0.5) is 34.1 Å². The third-order valence-corrected chi connectivity index (χ3v) is 10.4. The van der Waals surface area contributed by atoms with Crippen LogP contribution in [0.5, 0.6) is 11.5 Å². The van der Waals surface area contributed by atoms with Gasteiger partial charge in [-0.25, -0.2) is 8.42 Å². The molecule has 3 N–H and O–H groups in total. The summed E-state index contributed by atoms with van der Waals surface area (Å²) in [5.41, 5.74) is 1.39. The molecule has 56 heavy (non-hydrogen) atoms. The Kier molecular flexibility index (Phi) is 15.6. The fraction of sp³-hybridized carbons (Fsp3) is 0.0588. The Morgan fingerprint density at radius 1 is 0.589 bits per heavy atom. The number of nitrogens with zero attached hydrogens (tertiary/aromatic N) is 4. The van der Waals surface area contributed by atoms with Crippen molar-refractivity contribution in [3.8, 4) is 11.5 Å². The van der Waals surface area contributed by atoms with Crippen LogP contribution >= 0.6 is 0 Å². The monoisotopic (exact) mass is 843 g/mol. The van der Waals surface area contributed by atoms with Crippen LogP contribution in [0.2, 0.25) is 0 Å². The zero-order valence-electron chi connectivity index (χ0n) is 30.2. The number of hydrogen-bond donors (Lipinski definition) is 3. The Bertz CT molecular complexity index is 2890. The van der Waals surface area contributed by atoms with Gasteiger partial charge in [-0.2, -0.15) is 27.1 Å². The van der Waals surface area contributed by atoms with Gasteiger partial charge >= 0.3 is 88.7 Å². The van der Waals surface area contributed by atoms with Gasteiger partial charge in [0, 0.05) is 16.8 Å². The third kappa shape index (κ3) is 10.6. The number of azo groups is 2. The second-order valence-electron chi connectivity index (χ2n) is 11.7. The molecule has 0 heterocycles. The first-order valence-electron chi connectivity index (χ1n) is 15.0. The minimum atomic E-state index is -5.12. The molecule has 0 aliphatic carbocycles. The number of fused-ring (bicyclic) bond motifs is 2. The van der Waals surface area contributed by atoms with E-state index in [2.05, 4.69) is 25.8 Å². The van der Waals surface area contributed by atoms with Gasteiger partial charge in [0.05, 0.1) is 32.5 Å². The number of para-hydroxylation sites is 1. The van der Waals surface area contributed by atoms with E-state index in [0.717, 1.165) is 30.0 Å². The smallest absolute Gasteiger partial charge is 0.872 e. The van der Waals surface area contributed by atoms with Crippen molar-refractivity contribution in [3.63, 3.8) is 0 Å². The molecule has 6 aromatic rings. The average Bonchev–Trinajstić information content (AvgIpc) is 3.07. The maximum atomic E-state index is 13.5. The molecule has 0 spiro atoms. The molecule has 6 aromatic carbocycles. The molecule has 0 aliphatic rings. The third-order valence-electron chi connectivity index (χ3n) is 7.93. The number of hydrogen-bond acceptors (Lipinski definition) is 14. The van der Waals surface area contributed by atoms with E-state index < -0.39 is 62.2 Å². The predicted molar refractivity (Wildman–Crippen MR) is 188 cm³/mol. The molecule has 0 aromatic heterocycles. The SMILES string of the molecule is Cc1cc(N=Nc2cc(S(=O)(=O)[O-])cc3cc(S(=O)(=O)O)cc([O-])c23)c(C)cc1N=Nc1c(S(=O)(=O)O)cc2cc(Nc3ccccc3)ccc2c1[O-].[Na+].[Na+].[Na+]. The molecule has 0 saturated carbocycles. The molecule has 0 amide bonds. The summed E-state index contributed by atoms with van der Waals surface area (Å²) in [7, 11) is -14.9. The summed E-state index contributed by atoms with van der Waals surface area (Å²) in [4.78, 5) is -2.42. The van der Waals surface area contributed by atoms with Gasteiger partial charge < -0.3 is 20.1 Å². The Labute approximate surface area is 387 Å². The van der Waals surface area contributed by atoms with Crippen molar-refractivity contribution in [2.45, 2.75) is 28.5 Å². The second-order valence-corrected chi connectivity index (χ2v) is 15.9. The molecule has 0 saturated heterocycles. The molecule has 0 unspecified atom stereocenters. The van der Waals surface area contributed by atoms with Gasteiger partial charge in [0.25, 0.3) is 20.2 Å². The molecule has 6 rings (SSSR count). The summed E-state index contributed by atoms with van der Waals surface area (Å²) >= 11 is 0. The first kappa shape index (κ1) is 47.5.